The van der Waals surface area contributed by atoms with Crippen molar-refractivity contribution in [2.75, 3.05) is 19.5 Å². The molecule has 0 amide bonds. The molecule has 2 aromatic carbocycles. The maximum absolute atomic E-state index is 11.3. The summed E-state index contributed by atoms with van der Waals surface area (Å²) in [7, 11) is 2.76. The van der Waals surface area contributed by atoms with E-state index in [2.05, 4.69) is 5.32 Å². The van der Waals surface area contributed by atoms with Gasteiger partial charge in [0.2, 0.25) is 0 Å². The molecule has 2 aromatic rings. The first kappa shape index (κ1) is 18.4. The van der Waals surface area contributed by atoms with Gasteiger partial charge in [0.25, 0.3) is 5.69 Å². The van der Waals surface area contributed by atoms with E-state index >= 15 is 0 Å². The summed E-state index contributed by atoms with van der Waals surface area (Å²) in [5.41, 5.74) is -2.73. The Morgan fingerprint density at radius 1 is 0.846 bits per heavy atom. The third kappa shape index (κ3) is 3.58. The lowest BCUT2D eigenvalue weighted by Crippen LogP contribution is -2.04. The monoisotopic (exact) mass is 364 g/mol. The summed E-state index contributed by atoms with van der Waals surface area (Å²) in [5.74, 6) is 0.631. The van der Waals surface area contributed by atoms with Crippen molar-refractivity contribution in [3.8, 4) is 11.5 Å². The molecule has 1 N–H and O–H groups in total. The molecule has 136 valence electrons. The highest BCUT2D eigenvalue weighted by Gasteiger charge is 2.31. The van der Waals surface area contributed by atoms with E-state index in [0.29, 0.717) is 17.9 Å². The zero-order valence-corrected chi connectivity index (χ0v) is 13.5. The van der Waals surface area contributed by atoms with Crippen molar-refractivity contribution < 1.29 is 24.2 Å². The molecule has 0 saturated heterocycles. The van der Waals surface area contributed by atoms with Gasteiger partial charge >= 0.3 is 11.4 Å². The quantitative estimate of drug-likeness (QED) is 0.574. The lowest BCUT2D eigenvalue weighted by Gasteiger charge is -2.12. The van der Waals surface area contributed by atoms with Gasteiger partial charge in [-0.1, -0.05) is 0 Å². The number of hydrogen-bond donors (Lipinski definition) is 1. The molecule has 0 atom stereocenters. The van der Waals surface area contributed by atoms with Gasteiger partial charge in [0, 0.05) is 6.07 Å². The molecule has 0 fully saturated rings. The van der Waals surface area contributed by atoms with Crippen LogP contribution in [0.4, 0.5) is 28.4 Å². The average molecular weight is 364 g/mol. The third-order valence-electron chi connectivity index (χ3n) is 3.35. The summed E-state index contributed by atoms with van der Waals surface area (Å²) < 4.78 is 10.2. The molecule has 2 rings (SSSR count). The Labute approximate surface area is 145 Å². The Balaban J connectivity index is 2.67. The standard InChI is InChI=1S/C14H12N4O8/c1-25-9-3-4-10(13(7-9)26-2)15-14-11(17(21)22)5-8(16(19)20)6-12(14)18(23)24/h3-7,15H,1-2H3. The zero-order chi connectivity index (χ0) is 19.4. The molecule has 0 radical (unpaired) electrons. The topological polar surface area (TPSA) is 160 Å². The van der Waals surface area contributed by atoms with Crippen molar-refractivity contribution in [3.05, 3.63) is 60.7 Å². The van der Waals surface area contributed by atoms with E-state index in [1.165, 1.54) is 32.4 Å². The van der Waals surface area contributed by atoms with Gasteiger partial charge in [0.05, 0.1) is 46.8 Å². The number of non-ortho nitro benzene ring substituents is 1. The summed E-state index contributed by atoms with van der Waals surface area (Å²) in [4.78, 5) is 30.6. The minimum absolute atomic E-state index is 0.174. The zero-order valence-electron chi connectivity index (χ0n) is 13.5. The first-order chi connectivity index (χ1) is 12.3. The molecule has 26 heavy (non-hydrogen) atoms. The van der Waals surface area contributed by atoms with Crippen molar-refractivity contribution in [3.63, 3.8) is 0 Å². The summed E-state index contributed by atoms with van der Waals surface area (Å²) in [5, 5.41) is 36.0. The van der Waals surface area contributed by atoms with Gasteiger partial charge in [-0.2, -0.15) is 0 Å². The highest BCUT2D eigenvalue weighted by Crippen LogP contribution is 2.42. The third-order valence-corrected chi connectivity index (χ3v) is 3.35. The second-order valence-electron chi connectivity index (χ2n) is 4.82. The van der Waals surface area contributed by atoms with Crippen LogP contribution in [0.5, 0.6) is 11.5 Å². The summed E-state index contributed by atoms with van der Waals surface area (Å²) in [6.07, 6.45) is 0. The molecular formula is C14H12N4O8. The van der Waals surface area contributed by atoms with E-state index in [4.69, 9.17) is 9.47 Å². The summed E-state index contributed by atoms with van der Waals surface area (Å²) >= 11 is 0. The molecule has 0 saturated carbocycles. The van der Waals surface area contributed by atoms with Crippen LogP contribution < -0.4 is 14.8 Å². The van der Waals surface area contributed by atoms with Crippen molar-refractivity contribution in [2.24, 2.45) is 0 Å². The van der Waals surface area contributed by atoms with E-state index in [9.17, 15) is 30.3 Å². The first-order valence-corrected chi connectivity index (χ1v) is 6.88. The van der Waals surface area contributed by atoms with Crippen LogP contribution in [-0.4, -0.2) is 29.0 Å². The molecule has 0 aliphatic rings. The van der Waals surface area contributed by atoms with Gasteiger partial charge in [0.1, 0.15) is 11.5 Å². The number of rotatable bonds is 7. The van der Waals surface area contributed by atoms with Crippen LogP contribution in [0.1, 0.15) is 0 Å². The van der Waals surface area contributed by atoms with Crippen LogP contribution in [0.2, 0.25) is 0 Å². The average Bonchev–Trinajstić information content (AvgIpc) is 2.61. The molecule has 0 spiro atoms. The number of anilines is 2. The van der Waals surface area contributed by atoms with Crippen LogP contribution in [0.15, 0.2) is 30.3 Å². The predicted molar refractivity (Wildman–Crippen MR) is 89.2 cm³/mol. The fourth-order valence-corrected chi connectivity index (χ4v) is 2.16. The number of methoxy groups -OCH3 is 2. The normalized spacial score (nSPS) is 10.1. The van der Waals surface area contributed by atoms with Crippen LogP contribution in [0.25, 0.3) is 0 Å². The summed E-state index contributed by atoms with van der Waals surface area (Å²) in [6, 6.07) is 5.70. The van der Waals surface area contributed by atoms with E-state index < -0.39 is 37.5 Å². The Bertz CT molecular complexity index is 864. The maximum atomic E-state index is 11.3. The largest absolute Gasteiger partial charge is 0.497 e. The molecule has 0 aliphatic carbocycles. The van der Waals surface area contributed by atoms with Crippen LogP contribution in [0, 0.1) is 30.3 Å². The van der Waals surface area contributed by atoms with E-state index in [1.807, 2.05) is 0 Å². The van der Waals surface area contributed by atoms with Crippen molar-refractivity contribution >= 4 is 28.4 Å². The highest BCUT2D eigenvalue weighted by molar-refractivity contribution is 5.83. The molecule has 12 nitrogen and oxygen atoms in total. The number of ether oxygens (including phenoxy) is 2. The maximum Gasteiger partial charge on any atom is 0.306 e. The van der Waals surface area contributed by atoms with Crippen molar-refractivity contribution in [1.82, 2.24) is 0 Å². The van der Waals surface area contributed by atoms with E-state index in [-0.39, 0.29) is 11.4 Å². The van der Waals surface area contributed by atoms with Gasteiger partial charge in [-0.25, -0.2) is 0 Å². The minimum atomic E-state index is -0.947. The number of benzene rings is 2. The van der Waals surface area contributed by atoms with E-state index in [1.54, 1.807) is 0 Å². The number of hydrogen-bond acceptors (Lipinski definition) is 9. The molecule has 0 heterocycles. The smallest absolute Gasteiger partial charge is 0.306 e. The molecule has 12 heteroatoms. The Kier molecular flexibility index (Phi) is 5.15. The van der Waals surface area contributed by atoms with Crippen molar-refractivity contribution in [1.29, 1.82) is 0 Å². The van der Waals surface area contributed by atoms with E-state index in [0.717, 1.165) is 0 Å². The van der Waals surface area contributed by atoms with Crippen LogP contribution >= 0.6 is 0 Å². The van der Waals surface area contributed by atoms with Gasteiger partial charge < -0.3 is 14.8 Å². The predicted octanol–water partition coefficient (Wildman–Crippen LogP) is 3.17. The van der Waals surface area contributed by atoms with Gasteiger partial charge in [-0.15, -0.1) is 0 Å². The number of nitro benzene ring substituents is 3. The summed E-state index contributed by atoms with van der Waals surface area (Å²) in [6.45, 7) is 0. The minimum Gasteiger partial charge on any atom is -0.497 e. The molecule has 0 bridgehead atoms. The fourth-order valence-electron chi connectivity index (χ4n) is 2.16. The van der Waals surface area contributed by atoms with Crippen LogP contribution in [0.3, 0.4) is 0 Å². The van der Waals surface area contributed by atoms with Crippen molar-refractivity contribution in [2.45, 2.75) is 0 Å². The first-order valence-electron chi connectivity index (χ1n) is 6.88. The number of nitro groups is 3. The Hall–Kier alpha value is -3.96. The highest BCUT2D eigenvalue weighted by atomic mass is 16.6. The second kappa shape index (κ2) is 7.29. The SMILES string of the molecule is COc1ccc(Nc2c([N+](=O)[O-])cc([N+](=O)[O-])cc2[N+](=O)[O-])c(OC)c1. The molecule has 0 aliphatic heterocycles. The lowest BCUT2D eigenvalue weighted by molar-refractivity contribution is -0.401. The fraction of sp³-hybridized carbons (Fsp3) is 0.143. The van der Waals surface area contributed by atoms with Gasteiger partial charge in [-0.3, -0.25) is 30.3 Å². The Morgan fingerprint density at radius 2 is 1.42 bits per heavy atom. The Morgan fingerprint density at radius 3 is 1.85 bits per heavy atom. The van der Waals surface area contributed by atoms with Crippen LogP contribution in [-0.2, 0) is 0 Å². The number of nitrogens with zero attached hydrogens (tertiary/aromatic N) is 3. The number of nitrogens with one attached hydrogen (secondary N) is 1. The lowest BCUT2D eigenvalue weighted by atomic mass is 10.2. The van der Waals surface area contributed by atoms with Gasteiger partial charge in [-0.05, 0) is 12.1 Å². The second-order valence-corrected chi connectivity index (χ2v) is 4.82. The molecular weight excluding hydrogens is 352 g/mol. The van der Waals surface area contributed by atoms with Gasteiger partial charge in [0.15, 0.2) is 5.69 Å². The molecule has 0 unspecified atom stereocenters. The molecule has 0 aromatic heterocycles.